The van der Waals surface area contributed by atoms with Crippen LogP contribution in [0.25, 0.3) is 0 Å². The quantitative estimate of drug-likeness (QED) is 0.667. The van der Waals surface area contributed by atoms with Crippen molar-refractivity contribution in [3.8, 4) is 0 Å². The van der Waals surface area contributed by atoms with Gasteiger partial charge in [0.2, 0.25) is 5.89 Å². The molecule has 6 nitrogen and oxygen atoms in total. The van der Waals surface area contributed by atoms with Gasteiger partial charge in [0.05, 0.1) is 17.2 Å². The average Bonchev–Trinajstić information content (AvgIpc) is 2.70. The Kier molecular flexibility index (Phi) is 4.51. The number of aromatic nitrogens is 1. The molecule has 0 atom stereocenters. The summed E-state index contributed by atoms with van der Waals surface area (Å²) < 4.78 is 6.12. The Morgan fingerprint density at radius 1 is 1.40 bits per heavy atom. The largest absolute Gasteiger partial charge is 0.444 e. The molecule has 0 aliphatic carbocycles. The summed E-state index contributed by atoms with van der Waals surface area (Å²) in [7, 11) is 0. The highest BCUT2D eigenvalue weighted by atomic mass is 79.9. The molecule has 106 valence electrons. The molecule has 2 rings (SSSR count). The first-order chi connectivity index (χ1) is 9.47. The van der Waals surface area contributed by atoms with Crippen LogP contribution in [-0.2, 0) is 13.1 Å². The van der Waals surface area contributed by atoms with Crippen molar-refractivity contribution in [2.24, 2.45) is 0 Å². The molecule has 1 aromatic carbocycles. The third kappa shape index (κ3) is 3.43. The molecule has 0 spiro atoms. The van der Waals surface area contributed by atoms with Crippen LogP contribution in [0.1, 0.15) is 22.9 Å². The van der Waals surface area contributed by atoms with Crippen molar-refractivity contribution in [1.82, 2.24) is 10.3 Å². The van der Waals surface area contributed by atoms with Crippen molar-refractivity contribution in [1.29, 1.82) is 0 Å². The highest BCUT2D eigenvalue weighted by Gasteiger charge is 2.14. The van der Waals surface area contributed by atoms with Gasteiger partial charge in [-0.25, -0.2) is 4.98 Å². The predicted molar refractivity (Wildman–Crippen MR) is 77.3 cm³/mol. The molecule has 20 heavy (non-hydrogen) atoms. The third-order valence-corrected chi connectivity index (χ3v) is 3.40. The normalized spacial score (nSPS) is 10.8. The monoisotopic (exact) mass is 339 g/mol. The molecule has 1 heterocycles. The fraction of sp³-hybridized carbons (Fsp3) is 0.308. The van der Waals surface area contributed by atoms with Crippen LogP contribution in [-0.4, -0.2) is 9.91 Å². The van der Waals surface area contributed by atoms with E-state index in [1.807, 2.05) is 13.8 Å². The van der Waals surface area contributed by atoms with Crippen LogP contribution in [0.2, 0.25) is 0 Å². The minimum atomic E-state index is -0.388. The lowest BCUT2D eigenvalue weighted by molar-refractivity contribution is -0.385. The molecule has 0 bridgehead atoms. The molecule has 1 N–H and O–H groups in total. The highest BCUT2D eigenvalue weighted by molar-refractivity contribution is 9.10. The second-order valence-corrected chi connectivity index (χ2v) is 5.30. The van der Waals surface area contributed by atoms with Crippen molar-refractivity contribution in [2.75, 3.05) is 0 Å². The van der Waals surface area contributed by atoms with Gasteiger partial charge in [0.25, 0.3) is 5.69 Å². The SMILES string of the molecule is Cc1nc(CNCc2ccc(Br)cc2[N+](=O)[O-])oc1C. The summed E-state index contributed by atoms with van der Waals surface area (Å²) in [6.07, 6.45) is 0. The fourth-order valence-electron chi connectivity index (χ4n) is 1.78. The number of aryl methyl sites for hydroxylation is 2. The van der Waals surface area contributed by atoms with Gasteiger partial charge < -0.3 is 9.73 Å². The smallest absolute Gasteiger partial charge is 0.275 e. The number of nitro benzene ring substituents is 1. The zero-order chi connectivity index (χ0) is 14.7. The number of benzene rings is 1. The Labute approximate surface area is 124 Å². The van der Waals surface area contributed by atoms with E-state index < -0.39 is 0 Å². The Hall–Kier alpha value is -1.73. The second-order valence-electron chi connectivity index (χ2n) is 4.38. The number of rotatable bonds is 5. The number of oxazole rings is 1. The minimum absolute atomic E-state index is 0.0895. The third-order valence-electron chi connectivity index (χ3n) is 2.91. The number of nitro groups is 1. The summed E-state index contributed by atoms with van der Waals surface area (Å²) in [5.41, 5.74) is 1.57. The Bertz CT molecular complexity index is 620. The summed E-state index contributed by atoms with van der Waals surface area (Å²) in [6.45, 7) is 4.54. The van der Waals surface area contributed by atoms with Gasteiger partial charge in [0.15, 0.2) is 0 Å². The molecule has 0 aliphatic rings. The van der Waals surface area contributed by atoms with Crippen molar-refractivity contribution in [3.05, 3.63) is 55.7 Å². The number of hydrogen-bond acceptors (Lipinski definition) is 5. The van der Waals surface area contributed by atoms with E-state index >= 15 is 0 Å². The highest BCUT2D eigenvalue weighted by Crippen LogP contribution is 2.23. The number of nitrogens with zero attached hydrogens (tertiary/aromatic N) is 2. The lowest BCUT2D eigenvalue weighted by Gasteiger charge is -2.04. The first-order valence-corrected chi connectivity index (χ1v) is 6.83. The lowest BCUT2D eigenvalue weighted by Crippen LogP contribution is -2.14. The van der Waals surface area contributed by atoms with Crippen LogP contribution < -0.4 is 5.32 Å². The molecule has 0 radical (unpaired) electrons. The molecular formula is C13H14BrN3O3. The minimum Gasteiger partial charge on any atom is -0.444 e. The molecule has 0 unspecified atom stereocenters. The van der Waals surface area contributed by atoms with Gasteiger partial charge in [0, 0.05) is 22.6 Å². The number of hydrogen-bond donors (Lipinski definition) is 1. The van der Waals surface area contributed by atoms with Gasteiger partial charge >= 0.3 is 0 Å². The molecule has 0 aliphatic heterocycles. The van der Waals surface area contributed by atoms with E-state index in [0.717, 1.165) is 11.5 Å². The van der Waals surface area contributed by atoms with E-state index in [9.17, 15) is 10.1 Å². The van der Waals surface area contributed by atoms with Gasteiger partial charge in [-0.1, -0.05) is 15.9 Å². The number of nitrogens with one attached hydrogen (secondary N) is 1. The summed E-state index contributed by atoms with van der Waals surface area (Å²) >= 11 is 3.23. The summed E-state index contributed by atoms with van der Waals surface area (Å²) in [6, 6.07) is 5.00. The van der Waals surface area contributed by atoms with Crippen molar-refractivity contribution >= 4 is 21.6 Å². The van der Waals surface area contributed by atoms with E-state index in [2.05, 4.69) is 26.2 Å². The summed E-state index contributed by atoms with van der Waals surface area (Å²) in [5.74, 6) is 1.37. The van der Waals surface area contributed by atoms with Gasteiger partial charge in [-0.05, 0) is 26.0 Å². The summed E-state index contributed by atoms with van der Waals surface area (Å²) in [5, 5.41) is 14.1. The standard InChI is InChI=1S/C13H14BrN3O3/c1-8-9(2)20-13(16-8)7-15-6-10-3-4-11(14)5-12(10)17(18)19/h3-5,15H,6-7H2,1-2H3. The van der Waals surface area contributed by atoms with Gasteiger partial charge in [-0.15, -0.1) is 0 Å². The molecule has 7 heteroatoms. The zero-order valence-corrected chi connectivity index (χ0v) is 12.7. The van der Waals surface area contributed by atoms with Crippen LogP contribution in [0.4, 0.5) is 5.69 Å². The van der Waals surface area contributed by atoms with Crippen LogP contribution in [0.15, 0.2) is 27.1 Å². The van der Waals surface area contributed by atoms with Gasteiger partial charge in [0.1, 0.15) is 5.76 Å². The lowest BCUT2D eigenvalue weighted by atomic mass is 10.2. The van der Waals surface area contributed by atoms with E-state index in [-0.39, 0.29) is 10.6 Å². The topological polar surface area (TPSA) is 81.2 Å². The van der Waals surface area contributed by atoms with Crippen molar-refractivity contribution in [3.63, 3.8) is 0 Å². The molecule has 0 fully saturated rings. The summed E-state index contributed by atoms with van der Waals surface area (Å²) in [4.78, 5) is 14.8. The Morgan fingerprint density at radius 2 is 2.15 bits per heavy atom. The molecule has 0 saturated heterocycles. The number of halogens is 1. The predicted octanol–water partition coefficient (Wildman–Crippen LogP) is 3.25. The molecule has 2 aromatic rings. The Balaban J connectivity index is 2.02. The molecule has 0 amide bonds. The first kappa shape index (κ1) is 14.7. The first-order valence-electron chi connectivity index (χ1n) is 6.04. The maximum absolute atomic E-state index is 11.0. The maximum atomic E-state index is 11.0. The van der Waals surface area contributed by atoms with Crippen LogP contribution in [0.3, 0.4) is 0 Å². The van der Waals surface area contributed by atoms with Crippen LogP contribution in [0, 0.1) is 24.0 Å². The van der Waals surface area contributed by atoms with Crippen molar-refractivity contribution in [2.45, 2.75) is 26.9 Å². The van der Waals surface area contributed by atoms with Crippen LogP contribution in [0.5, 0.6) is 0 Å². The van der Waals surface area contributed by atoms with E-state index in [4.69, 9.17) is 4.42 Å². The maximum Gasteiger partial charge on any atom is 0.275 e. The second kappa shape index (κ2) is 6.15. The van der Waals surface area contributed by atoms with E-state index in [1.165, 1.54) is 6.07 Å². The van der Waals surface area contributed by atoms with Crippen LogP contribution >= 0.6 is 15.9 Å². The Morgan fingerprint density at radius 3 is 2.75 bits per heavy atom. The average molecular weight is 340 g/mol. The van der Waals surface area contributed by atoms with Gasteiger partial charge in [-0.3, -0.25) is 10.1 Å². The van der Waals surface area contributed by atoms with Crippen molar-refractivity contribution < 1.29 is 9.34 Å². The molecular weight excluding hydrogens is 326 g/mol. The van der Waals surface area contributed by atoms with Gasteiger partial charge in [-0.2, -0.15) is 0 Å². The van der Waals surface area contributed by atoms with E-state index in [1.54, 1.807) is 12.1 Å². The molecule has 1 aromatic heterocycles. The fourth-order valence-corrected chi connectivity index (χ4v) is 2.12. The van der Waals surface area contributed by atoms with E-state index in [0.29, 0.717) is 29.0 Å². The molecule has 0 saturated carbocycles. The zero-order valence-electron chi connectivity index (χ0n) is 11.1.